The van der Waals surface area contributed by atoms with Crippen molar-refractivity contribution < 1.29 is 0 Å². The summed E-state index contributed by atoms with van der Waals surface area (Å²) in [7, 11) is 0. The molecule has 1 heterocycles. The monoisotopic (exact) mass is 119 g/mol. The van der Waals surface area contributed by atoms with Crippen LogP contribution >= 0.6 is 0 Å². The molecule has 0 spiro atoms. The SMILES string of the molecule is [C]1=Cc2[nH]ncc2CC1. The highest BCUT2D eigenvalue weighted by molar-refractivity contribution is 5.48. The molecule has 2 nitrogen and oxygen atoms in total. The Morgan fingerprint density at radius 1 is 1.67 bits per heavy atom. The van der Waals surface area contributed by atoms with Gasteiger partial charge in [0.25, 0.3) is 0 Å². The van der Waals surface area contributed by atoms with Crippen LogP contribution in [0.25, 0.3) is 6.08 Å². The van der Waals surface area contributed by atoms with Gasteiger partial charge in [0.15, 0.2) is 0 Å². The Labute approximate surface area is 53.6 Å². The molecule has 1 N–H and O–H groups in total. The van der Waals surface area contributed by atoms with Crippen molar-refractivity contribution in [2.75, 3.05) is 0 Å². The van der Waals surface area contributed by atoms with Gasteiger partial charge < -0.3 is 0 Å². The van der Waals surface area contributed by atoms with Crippen molar-refractivity contribution in [2.24, 2.45) is 0 Å². The van der Waals surface area contributed by atoms with E-state index in [9.17, 15) is 0 Å². The van der Waals surface area contributed by atoms with Crippen molar-refractivity contribution in [3.8, 4) is 0 Å². The fourth-order valence-electron chi connectivity index (χ4n) is 1.03. The Morgan fingerprint density at radius 3 is 3.56 bits per heavy atom. The number of nitrogens with one attached hydrogen (secondary N) is 1. The molecule has 1 radical (unpaired) electrons. The lowest BCUT2D eigenvalue weighted by molar-refractivity contribution is 0.964. The predicted octanol–water partition coefficient (Wildman–Crippen LogP) is 1.17. The molecule has 0 unspecified atom stereocenters. The summed E-state index contributed by atoms with van der Waals surface area (Å²) in [6.07, 6.45) is 9.10. The van der Waals surface area contributed by atoms with Gasteiger partial charge in [0.1, 0.15) is 0 Å². The quantitative estimate of drug-likeness (QED) is 0.545. The van der Waals surface area contributed by atoms with Crippen molar-refractivity contribution >= 4 is 6.08 Å². The van der Waals surface area contributed by atoms with Crippen molar-refractivity contribution in [1.29, 1.82) is 0 Å². The summed E-state index contributed by atoms with van der Waals surface area (Å²) in [4.78, 5) is 0. The molecular weight excluding hydrogens is 112 g/mol. The van der Waals surface area contributed by atoms with Gasteiger partial charge in [-0.2, -0.15) is 5.10 Å². The molecule has 0 aromatic carbocycles. The van der Waals surface area contributed by atoms with Gasteiger partial charge in [0.05, 0.1) is 11.9 Å². The molecule has 45 valence electrons. The second kappa shape index (κ2) is 1.72. The maximum atomic E-state index is 3.91. The molecule has 2 heteroatoms. The van der Waals surface area contributed by atoms with E-state index in [2.05, 4.69) is 16.3 Å². The highest BCUT2D eigenvalue weighted by atomic mass is 15.1. The number of hydrogen-bond donors (Lipinski definition) is 1. The number of aromatic amines is 1. The van der Waals surface area contributed by atoms with Crippen LogP contribution in [-0.2, 0) is 6.42 Å². The van der Waals surface area contributed by atoms with E-state index < -0.39 is 0 Å². The molecule has 2 rings (SSSR count). The van der Waals surface area contributed by atoms with E-state index in [-0.39, 0.29) is 0 Å². The second-order valence-corrected chi connectivity index (χ2v) is 2.16. The van der Waals surface area contributed by atoms with Gasteiger partial charge in [-0.3, -0.25) is 5.10 Å². The number of allylic oxidation sites excluding steroid dienone is 1. The summed E-state index contributed by atoms with van der Waals surface area (Å²) in [5.41, 5.74) is 2.44. The van der Waals surface area contributed by atoms with Crippen LogP contribution in [0.4, 0.5) is 0 Å². The fraction of sp³-hybridized carbons (Fsp3) is 0.286. The lowest BCUT2D eigenvalue weighted by Gasteiger charge is -1.99. The summed E-state index contributed by atoms with van der Waals surface area (Å²) >= 11 is 0. The number of nitrogens with zero attached hydrogens (tertiary/aromatic N) is 1. The van der Waals surface area contributed by atoms with E-state index >= 15 is 0 Å². The van der Waals surface area contributed by atoms with Crippen molar-refractivity contribution in [2.45, 2.75) is 12.8 Å². The lowest BCUT2D eigenvalue weighted by atomic mass is 10.1. The Balaban J connectivity index is 2.53. The van der Waals surface area contributed by atoms with Gasteiger partial charge in [-0.25, -0.2) is 0 Å². The highest BCUT2D eigenvalue weighted by Gasteiger charge is 2.03. The summed E-state index contributed by atoms with van der Waals surface area (Å²) in [5, 5.41) is 6.80. The zero-order valence-corrected chi connectivity index (χ0v) is 5.02. The van der Waals surface area contributed by atoms with E-state index in [1.165, 1.54) is 5.56 Å². The number of H-pyrrole nitrogens is 1. The highest BCUT2D eigenvalue weighted by Crippen LogP contribution is 2.13. The van der Waals surface area contributed by atoms with Gasteiger partial charge in [-0.15, -0.1) is 0 Å². The van der Waals surface area contributed by atoms with Crippen LogP contribution in [0, 0.1) is 6.08 Å². The Bertz CT molecular complexity index is 235. The normalized spacial score (nSPS) is 15.6. The third-order valence-electron chi connectivity index (χ3n) is 1.54. The zero-order valence-electron chi connectivity index (χ0n) is 5.02. The van der Waals surface area contributed by atoms with Crippen LogP contribution in [0.2, 0.25) is 0 Å². The van der Waals surface area contributed by atoms with Crippen LogP contribution in [-0.4, -0.2) is 10.2 Å². The van der Waals surface area contributed by atoms with E-state index in [1.54, 1.807) is 0 Å². The van der Waals surface area contributed by atoms with Gasteiger partial charge in [-0.1, -0.05) is 0 Å². The second-order valence-electron chi connectivity index (χ2n) is 2.16. The standard InChI is InChI=1S/C7H7N2/c1-2-4-7-6(3-1)5-8-9-7/h4-5H,1,3H2,(H,8,9). The topological polar surface area (TPSA) is 28.7 Å². The Kier molecular flexibility index (Phi) is 0.918. The first-order valence-electron chi connectivity index (χ1n) is 3.05. The van der Waals surface area contributed by atoms with Crippen LogP contribution < -0.4 is 0 Å². The number of hydrogen-bond acceptors (Lipinski definition) is 1. The minimum atomic E-state index is 1.03. The van der Waals surface area contributed by atoms with Gasteiger partial charge >= 0.3 is 0 Å². The summed E-state index contributed by atoms with van der Waals surface area (Å²) in [5.74, 6) is 0. The molecule has 0 bridgehead atoms. The molecule has 1 aliphatic carbocycles. The molecule has 0 saturated heterocycles. The van der Waals surface area contributed by atoms with Crippen LogP contribution in [0.15, 0.2) is 6.20 Å². The molecule has 9 heavy (non-hydrogen) atoms. The van der Waals surface area contributed by atoms with Crippen LogP contribution in [0.5, 0.6) is 0 Å². The van der Waals surface area contributed by atoms with E-state index in [1.807, 2.05) is 12.3 Å². The third kappa shape index (κ3) is 0.669. The first kappa shape index (κ1) is 4.79. The number of aromatic nitrogens is 2. The van der Waals surface area contributed by atoms with E-state index in [0.29, 0.717) is 0 Å². The first-order valence-corrected chi connectivity index (χ1v) is 3.05. The maximum Gasteiger partial charge on any atom is 0.0612 e. The van der Waals surface area contributed by atoms with Gasteiger partial charge in [-0.05, 0) is 30.6 Å². The predicted molar refractivity (Wildman–Crippen MR) is 34.6 cm³/mol. The van der Waals surface area contributed by atoms with Crippen LogP contribution in [0.3, 0.4) is 0 Å². The average Bonchev–Trinajstić information content (AvgIpc) is 2.33. The van der Waals surface area contributed by atoms with Gasteiger partial charge in [0, 0.05) is 0 Å². The third-order valence-corrected chi connectivity index (χ3v) is 1.54. The van der Waals surface area contributed by atoms with Gasteiger partial charge in [0.2, 0.25) is 0 Å². The zero-order chi connectivity index (χ0) is 6.10. The molecule has 0 amide bonds. The molecule has 0 aliphatic heterocycles. The minimum absolute atomic E-state index is 1.03. The summed E-state index contributed by atoms with van der Waals surface area (Å²) < 4.78 is 0. The first-order chi connectivity index (χ1) is 4.47. The summed E-state index contributed by atoms with van der Waals surface area (Å²) in [6, 6.07) is 0. The van der Waals surface area contributed by atoms with Crippen molar-refractivity contribution in [1.82, 2.24) is 10.2 Å². The molecule has 0 saturated carbocycles. The average molecular weight is 119 g/mol. The van der Waals surface area contributed by atoms with E-state index in [4.69, 9.17) is 0 Å². The van der Waals surface area contributed by atoms with Crippen molar-refractivity contribution in [3.63, 3.8) is 0 Å². The molecule has 0 fully saturated rings. The molecular formula is C7H7N2. The number of aryl methyl sites for hydroxylation is 1. The Hall–Kier alpha value is -1.05. The molecule has 1 aromatic heterocycles. The lowest BCUT2D eigenvalue weighted by Crippen LogP contribution is -1.89. The number of rotatable bonds is 0. The van der Waals surface area contributed by atoms with E-state index in [0.717, 1.165) is 18.5 Å². The maximum absolute atomic E-state index is 3.91. The fourth-order valence-corrected chi connectivity index (χ4v) is 1.03. The number of fused-ring (bicyclic) bond motifs is 1. The summed E-state index contributed by atoms with van der Waals surface area (Å²) in [6.45, 7) is 0. The Morgan fingerprint density at radius 2 is 2.67 bits per heavy atom. The molecule has 1 aliphatic rings. The molecule has 0 atom stereocenters. The smallest absolute Gasteiger partial charge is 0.0612 e. The van der Waals surface area contributed by atoms with Crippen molar-refractivity contribution in [3.05, 3.63) is 23.5 Å². The minimum Gasteiger partial charge on any atom is -0.278 e. The van der Waals surface area contributed by atoms with Crippen LogP contribution in [0.1, 0.15) is 17.7 Å². The molecule has 1 aromatic rings. The largest absolute Gasteiger partial charge is 0.278 e.